The molecule has 1 aromatic rings. The van der Waals surface area contributed by atoms with E-state index in [0.29, 0.717) is 6.54 Å². The maximum atomic E-state index is 13.0. The van der Waals surface area contributed by atoms with Gasteiger partial charge in [0.05, 0.1) is 11.5 Å². The molecule has 1 saturated carbocycles. The highest BCUT2D eigenvalue weighted by Crippen LogP contribution is 2.35. The Bertz CT molecular complexity index is 464. The highest BCUT2D eigenvalue weighted by atomic mass is 19.1. The number of benzene rings is 1. The van der Waals surface area contributed by atoms with Crippen LogP contribution in [0.4, 0.5) is 4.39 Å². The summed E-state index contributed by atoms with van der Waals surface area (Å²) < 4.78 is 13.0. The molecule has 0 aliphatic heterocycles. The molecule has 1 fully saturated rings. The van der Waals surface area contributed by atoms with Crippen molar-refractivity contribution < 1.29 is 9.18 Å². The van der Waals surface area contributed by atoms with Gasteiger partial charge in [0.15, 0.2) is 0 Å². The second-order valence-corrected chi connectivity index (χ2v) is 6.15. The first-order valence-corrected chi connectivity index (χ1v) is 7.84. The van der Waals surface area contributed by atoms with Gasteiger partial charge in [-0.25, -0.2) is 4.39 Å². The van der Waals surface area contributed by atoms with Crippen LogP contribution in [-0.4, -0.2) is 12.5 Å². The lowest BCUT2D eigenvalue weighted by atomic mass is 9.79. The molecule has 0 saturated heterocycles. The van der Waals surface area contributed by atoms with Gasteiger partial charge < -0.3 is 11.1 Å². The van der Waals surface area contributed by atoms with Crippen LogP contribution >= 0.6 is 0 Å². The van der Waals surface area contributed by atoms with Gasteiger partial charge in [-0.05, 0) is 37.5 Å². The average Bonchev–Trinajstić information content (AvgIpc) is 2.74. The van der Waals surface area contributed by atoms with Crippen molar-refractivity contribution in [2.75, 3.05) is 6.54 Å². The van der Waals surface area contributed by atoms with Crippen molar-refractivity contribution in [3.05, 3.63) is 35.6 Å². The Balaban J connectivity index is 2.06. The molecule has 3 N–H and O–H groups in total. The summed E-state index contributed by atoms with van der Waals surface area (Å²) in [6.07, 6.45) is 6.23. The fourth-order valence-corrected chi connectivity index (χ4v) is 3.11. The van der Waals surface area contributed by atoms with Gasteiger partial charge in [0.1, 0.15) is 5.82 Å². The molecule has 1 amide bonds. The van der Waals surface area contributed by atoms with Crippen molar-refractivity contribution in [3.63, 3.8) is 0 Å². The van der Waals surface area contributed by atoms with E-state index in [1.54, 1.807) is 12.1 Å². The number of hydrogen-bond acceptors (Lipinski definition) is 2. The number of rotatable bonds is 4. The van der Waals surface area contributed by atoms with Crippen LogP contribution in [0.3, 0.4) is 0 Å². The Kier molecular flexibility index (Phi) is 5.34. The van der Waals surface area contributed by atoms with E-state index < -0.39 is 5.41 Å². The summed E-state index contributed by atoms with van der Waals surface area (Å²) in [5, 5.41) is 3.06. The number of hydrogen-bond donors (Lipinski definition) is 2. The summed E-state index contributed by atoms with van der Waals surface area (Å²) in [6, 6.07) is 6.13. The third-order valence-corrected chi connectivity index (χ3v) is 4.65. The van der Waals surface area contributed by atoms with E-state index in [4.69, 9.17) is 5.73 Å². The predicted octanol–water partition coefficient (Wildman–Crippen LogP) is 3.30. The fourth-order valence-electron chi connectivity index (χ4n) is 3.11. The van der Waals surface area contributed by atoms with E-state index in [0.717, 1.165) is 31.2 Å². The largest absolute Gasteiger partial charge is 0.349 e. The van der Waals surface area contributed by atoms with E-state index in [-0.39, 0.29) is 17.8 Å². The van der Waals surface area contributed by atoms with E-state index in [9.17, 15) is 9.18 Å². The average molecular weight is 292 g/mol. The SMILES string of the molecule is CC(NC(=O)C1(CN)CCCCCC1)c1ccc(F)cc1. The van der Waals surface area contributed by atoms with Gasteiger partial charge in [-0.1, -0.05) is 37.8 Å². The topological polar surface area (TPSA) is 55.1 Å². The Morgan fingerprint density at radius 3 is 2.33 bits per heavy atom. The molecule has 2 rings (SSSR count). The first-order valence-electron chi connectivity index (χ1n) is 7.84. The van der Waals surface area contributed by atoms with Crippen LogP contribution in [0.15, 0.2) is 24.3 Å². The Labute approximate surface area is 126 Å². The number of nitrogens with one attached hydrogen (secondary N) is 1. The lowest BCUT2D eigenvalue weighted by Crippen LogP contribution is -2.46. The first-order chi connectivity index (χ1) is 10.1. The van der Waals surface area contributed by atoms with Crippen molar-refractivity contribution in [2.24, 2.45) is 11.1 Å². The van der Waals surface area contributed by atoms with E-state index in [2.05, 4.69) is 5.32 Å². The zero-order chi connectivity index (χ0) is 15.3. The van der Waals surface area contributed by atoms with Gasteiger partial charge >= 0.3 is 0 Å². The molecule has 0 bridgehead atoms. The van der Waals surface area contributed by atoms with Gasteiger partial charge in [-0.3, -0.25) is 4.79 Å². The summed E-state index contributed by atoms with van der Waals surface area (Å²) in [5.41, 5.74) is 6.41. The summed E-state index contributed by atoms with van der Waals surface area (Å²) in [6.45, 7) is 2.32. The molecule has 116 valence electrons. The number of carbonyl (C=O) groups excluding carboxylic acids is 1. The summed E-state index contributed by atoms with van der Waals surface area (Å²) in [5.74, 6) is -0.219. The minimum atomic E-state index is -0.426. The predicted molar refractivity (Wildman–Crippen MR) is 82.1 cm³/mol. The van der Waals surface area contributed by atoms with Crippen LogP contribution in [0, 0.1) is 11.2 Å². The van der Waals surface area contributed by atoms with Crippen LogP contribution < -0.4 is 11.1 Å². The second kappa shape index (κ2) is 7.03. The summed E-state index contributed by atoms with van der Waals surface area (Å²) in [7, 11) is 0. The number of amides is 1. The maximum Gasteiger partial charge on any atom is 0.227 e. The van der Waals surface area contributed by atoms with Gasteiger partial charge in [0.2, 0.25) is 5.91 Å². The molecule has 3 nitrogen and oxygen atoms in total. The Morgan fingerprint density at radius 1 is 1.24 bits per heavy atom. The van der Waals surface area contributed by atoms with E-state index in [1.807, 2.05) is 6.92 Å². The third kappa shape index (κ3) is 3.82. The van der Waals surface area contributed by atoms with Crippen LogP contribution in [0.2, 0.25) is 0 Å². The van der Waals surface area contributed by atoms with Crippen LogP contribution in [0.5, 0.6) is 0 Å². The number of carbonyl (C=O) groups is 1. The highest BCUT2D eigenvalue weighted by molar-refractivity contribution is 5.83. The summed E-state index contributed by atoms with van der Waals surface area (Å²) >= 11 is 0. The highest BCUT2D eigenvalue weighted by Gasteiger charge is 2.37. The zero-order valence-electron chi connectivity index (χ0n) is 12.7. The Hall–Kier alpha value is -1.42. The first kappa shape index (κ1) is 16.0. The molecule has 0 heterocycles. The molecule has 0 spiro atoms. The molecule has 21 heavy (non-hydrogen) atoms. The van der Waals surface area contributed by atoms with Gasteiger partial charge in [-0.2, -0.15) is 0 Å². The molecular formula is C17H25FN2O. The number of nitrogens with two attached hydrogens (primary N) is 1. The van der Waals surface area contributed by atoms with Crippen LogP contribution in [0.1, 0.15) is 57.1 Å². The number of halogens is 1. The van der Waals surface area contributed by atoms with Gasteiger partial charge in [0.25, 0.3) is 0 Å². The Morgan fingerprint density at radius 2 is 1.81 bits per heavy atom. The van der Waals surface area contributed by atoms with E-state index in [1.165, 1.54) is 25.0 Å². The van der Waals surface area contributed by atoms with E-state index >= 15 is 0 Å². The fraction of sp³-hybridized carbons (Fsp3) is 0.588. The van der Waals surface area contributed by atoms with Gasteiger partial charge in [0, 0.05) is 6.54 Å². The minimum absolute atomic E-state index is 0.0451. The standard InChI is InChI=1S/C17H25FN2O/c1-13(14-6-8-15(18)9-7-14)20-16(21)17(12-19)10-4-2-3-5-11-17/h6-9,13H,2-5,10-12,19H2,1H3,(H,20,21). The normalized spacial score (nSPS) is 19.6. The molecule has 1 atom stereocenters. The lowest BCUT2D eigenvalue weighted by molar-refractivity contribution is -0.132. The second-order valence-electron chi connectivity index (χ2n) is 6.15. The minimum Gasteiger partial charge on any atom is -0.349 e. The lowest BCUT2D eigenvalue weighted by Gasteiger charge is -2.31. The molecule has 1 unspecified atom stereocenters. The van der Waals surface area contributed by atoms with Crippen molar-refractivity contribution in [1.29, 1.82) is 0 Å². The zero-order valence-corrected chi connectivity index (χ0v) is 12.7. The van der Waals surface area contributed by atoms with Crippen LogP contribution in [0.25, 0.3) is 0 Å². The summed E-state index contributed by atoms with van der Waals surface area (Å²) in [4.78, 5) is 12.7. The molecule has 1 aromatic carbocycles. The van der Waals surface area contributed by atoms with Crippen molar-refractivity contribution in [3.8, 4) is 0 Å². The van der Waals surface area contributed by atoms with Crippen LogP contribution in [-0.2, 0) is 4.79 Å². The molecular weight excluding hydrogens is 267 g/mol. The third-order valence-electron chi connectivity index (χ3n) is 4.65. The van der Waals surface area contributed by atoms with Crippen molar-refractivity contribution in [2.45, 2.75) is 51.5 Å². The molecule has 4 heteroatoms. The van der Waals surface area contributed by atoms with Crippen molar-refractivity contribution >= 4 is 5.91 Å². The molecule has 0 radical (unpaired) electrons. The quantitative estimate of drug-likeness (QED) is 0.837. The van der Waals surface area contributed by atoms with Gasteiger partial charge in [-0.15, -0.1) is 0 Å². The maximum absolute atomic E-state index is 13.0. The molecule has 1 aliphatic rings. The molecule has 0 aromatic heterocycles. The van der Waals surface area contributed by atoms with Crippen molar-refractivity contribution in [1.82, 2.24) is 5.32 Å². The molecule has 1 aliphatic carbocycles. The smallest absolute Gasteiger partial charge is 0.227 e. The monoisotopic (exact) mass is 292 g/mol.